The van der Waals surface area contributed by atoms with E-state index in [2.05, 4.69) is 66.7 Å². The maximum atomic E-state index is 2.37. The van der Waals surface area contributed by atoms with Gasteiger partial charge < -0.3 is 0 Å². The van der Waals surface area contributed by atoms with Crippen molar-refractivity contribution in [1.29, 1.82) is 0 Å². The van der Waals surface area contributed by atoms with Crippen LogP contribution in [0.3, 0.4) is 0 Å². The lowest BCUT2D eigenvalue weighted by molar-refractivity contribution is 0.365. The Labute approximate surface area is 121 Å². The first-order chi connectivity index (χ1) is 8.82. The highest BCUT2D eigenvalue weighted by Gasteiger charge is 2.09. The minimum absolute atomic E-state index is 0.470. The van der Waals surface area contributed by atoms with E-state index in [-0.39, 0.29) is 0 Å². The normalized spacial score (nSPS) is 10.9. The van der Waals surface area contributed by atoms with Gasteiger partial charge in [-0.2, -0.15) is 0 Å². The molecule has 0 heterocycles. The van der Waals surface area contributed by atoms with Crippen LogP contribution in [0.4, 0.5) is 0 Å². The van der Waals surface area contributed by atoms with Gasteiger partial charge in [0.2, 0.25) is 0 Å². The van der Waals surface area contributed by atoms with E-state index in [9.17, 15) is 0 Å². The zero-order valence-electron chi connectivity index (χ0n) is 14.3. The number of aryl methyl sites for hydroxylation is 3. The fourth-order valence-corrected chi connectivity index (χ4v) is 2.12. The van der Waals surface area contributed by atoms with Gasteiger partial charge >= 0.3 is 0 Å². The van der Waals surface area contributed by atoms with E-state index in [4.69, 9.17) is 0 Å². The van der Waals surface area contributed by atoms with Gasteiger partial charge in [0.25, 0.3) is 0 Å². The van der Waals surface area contributed by atoms with Crippen molar-refractivity contribution in [3.8, 4) is 0 Å². The van der Waals surface area contributed by atoms with Crippen molar-refractivity contribution in [3.63, 3.8) is 0 Å². The molecular weight excluding hydrogens is 228 g/mol. The monoisotopic (exact) mass is 262 g/mol. The summed E-state index contributed by atoms with van der Waals surface area (Å²) in [5.41, 5.74) is 4.87. The van der Waals surface area contributed by atoms with Gasteiger partial charge in [-0.05, 0) is 49.1 Å². The zero-order chi connectivity index (χ0) is 14.9. The molecule has 0 saturated carbocycles. The van der Waals surface area contributed by atoms with Crippen LogP contribution in [-0.4, -0.2) is 0 Å². The first-order valence-corrected chi connectivity index (χ1v) is 7.91. The maximum Gasteiger partial charge on any atom is -0.0278 e. The van der Waals surface area contributed by atoms with E-state index in [0.717, 1.165) is 6.42 Å². The van der Waals surface area contributed by atoms with Gasteiger partial charge in [-0.3, -0.25) is 0 Å². The summed E-state index contributed by atoms with van der Waals surface area (Å²) in [6, 6.07) is 7.00. The number of hydrogen-bond acceptors (Lipinski definition) is 0. The molecule has 1 aromatic rings. The molecule has 0 aliphatic heterocycles. The van der Waals surface area contributed by atoms with Crippen LogP contribution in [-0.2, 0) is 12.8 Å². The van der Waals surface area contributed by atoms with Crippen molar-refractivity contribution in [3.05, 3.63) is 34.9 Å². The van der Waals surface area contributed by atoms with Crippen LogP contribution < -0.4 is 0 Å². The Bertz CT molecular complexity index is 342. The molecule has 0 aliphatic carbocycles. The Morgan fingerprint density at radius 2 is 1.42 bits per heavy atom. The second-order valence-electron chi connectivity index (χ2n) is 6.80. The summed E-state index contributed by atoms with van der Waals surface area (Å²) >= 11 is 0. The molecule has 19 heavy (non-hydrogen) atoms. The minimum Gasteiger partial charge on any atom is -0.0656 e. The summed E-state index contributed by atoms with van der Waals surface area (Å²) in [6.07, 6.45) is 6.23. The summed E-state index contributed by atoms with van der Waals surface area (Å²) in [5, 5.41) is 0. The number of rotatable bonds is 4. The van der Waals surface area contributed by atoms with Gasteiger partial charge in [0, 0.05) is 0 Å². The highest BCUT2D eigenvalue weighted by atomic mass is 14.1. The molecule has 0 atom stereocenters. The van der Waals surface area contributed by atoms with Crippen LogP contribution >= 0.6 is 0 Å². The maximum absolute atomic E-state index is 2.37. The molecule has 0 heteroatoms. The van der Waals surface area contributed by atoms with E-state index in [0.29, 0.717) is 5.41 Å². The standard InChI is InChI=1S/C16H26.C3H8/c1-6-14-10-13(2)11-15(12-14)8-7-9-16(3,4)5;1-3-2/h10-12H,6-9H2,1-5H3;3H2,1-2H3. The van der Waals surface area contributed by atoms with Crippen molar-refractivity contribution in [2.75, 3.05) is 0 Å². The van der Waals surface area contributed by atoms with E-state index in [1.165, 1.54) is 42.4 Å². The summed E-state index contributed by atoms with van der Waals surface area (Å²) in [4.78, 5) is 0. The SMILES string of the molecule is CCC.CCc1cc(C)cc(CCCC(C)(C)C)c1. The first-order valence-electron chi connectivity index (χ1n) is 7.91. The Kier molecular flexibility index (Phi) is 8.80. The topological polar surface area (TPSA) is 0 Å². The second kappa shape index (κ2) is 9.18. The molecule has 0 aromatic heterocycles. The van der Waals surface area contributed by atoms with Crippen molar-refractivity contribution in [2.45, 2.75) is 80.6 Å². The molecule has 0 bridgehead atoms. The average molecular weight is 262 g/mol. The van der Waals surface area contributed by atoms with Crippen LogP contribution in [0.15, 0.2) is 18.2 Å². The number of hydrogen-bond donors (Lipinski definition) is 0. The molecular formula is C19H34. The van der Waals surface area contributed by atoms with Crippen molar-refractivity contribution < 1.29 is 0 Å². The molecule has 0 saturated heterocycles. The molecule has 110 valence electrons. The highest BCUT2D eigenvalue weighted by molar-refractivity contribution is 5.29. The predicted octanol–water partition coefficient (Wildman–Crippen LogP) is 6.34. The summed E-state index contributed by atoms with van der Waals surface area (Å²) in [7, 11) is 0. The fourth-order valence-electron chi connectivity index (χ4n) is 2.12. The van der Waals surface area contributed by atoms with Gasteiger partial charge in [0.05, 0.1) is 0 Å². The van der Waals surface area contributed by atoms with Crippen molar-refractivity contribution in [2.24, 2.45) is 5.41 Å². The van der Waals surface area contributed by atoms with Crippen LogP contribution in [0.1, 0.15) is 77.5 Å². The largest absolute Gasteiger partial charge is 0.0656 e. The van der Waals surface area contributed by atoms with Crippen molar-refractivity contribution in [1.82, 2.24) is 0 Å². The number of benzene rings is 1. The minimum atomic E-state index is 0.470. The molecule has 0 spiro atoms. The Morgan fingerprint density at radius 3 is 1.89 bits per heavy atom. The third-order valence-electron chi connectivity index (χ3n) is 3.00. The van der Waals surface area contributed by atoms with Crippen LogP contribution in [0.25, 0.3) is 0 Å². The Morgan fingerprint density at radius 1 is 0.895 bits per heavy atom. The van der Waals surface area contributed by atoms with E-state index in [1.54, 1.807) is 0 Å². The summed E-state index contributed by atoms with van der Waals surface area (Å²) in [5.74, 6) is 0. The van der Waals surface area contributed by atoms with Crippen LogP contribution in [0.5, 0.6) is 0 Å². The van der Waals surface area contributed by atoms with Gasteiger partial charge in [-0.1, -0.05) is 71.7 Å². The van der Waals surface area contributed by atoms with Gasteiger partial charge in [0.15, 0.2) is 0 Å². The summed E-state index contributed by atoms with van der Waals surface area (Å²) < 4.78 is 0. The van der Waals surface area contributed by atoms with Gasteiger partial charge in [-0.15, -0.1) is 0 Å². The second-order valence-corrected chi connectivity index (χ2v) is 6.80. The average Bonchev–Trinajstić information content (AvgIpc) is 2.27. The Balaban J connectivity index is 0.000000982. The smallest absolute Gasteiger partial charge is 0.0278 e. The third kappa shape index (κ3) is 9.76. The summed E-state index contributed by atoms with van der Waals surface area (Å²) in [6.45, 7) is 15.6. The van der Waals surface area contributed by atoms with Crippen LogP contribution in [0.2, 0.25) is 0 Å². The van der Waals surface area contributed by atoms with E-state index < -0.39 is 0 Å². The lowest BCUT2D eigenvalue weighted by Crippen LogP contribution is -2.05. The van der Waals surface area contributed by atoms with Gasteiger partial charge in [-0.25, -0.2) is 0 Å². The lowest BCUT2D eigenvalue weighted by atomic mass is 9.88. The van der Waals surface area contributed by atoms with Crippen molar-refractivity contribution >= 4 is 0 Å². The van der Waals surface area contributed by atoms with E-state index in [1.807, 2.05) is 0 Å². The predicted molar refractivity (Wildman–Crippen MR) is 88.9 cm³/mol. The van der Waals surface area contributed by atoms with E-state index >= 15 is 0 Å². The molecule has 1 rings (SSSR count). The molecule has 0 radical (unpaired) electrons. The molecule has 0 nitrogen and oxygen atoms in total. The fraction of sp³-hybridized carbons (Fsp3) is 0.684. The molecule has 0 N–H and O–H groups in total. The molecule has 0 fully saturated rings. The molecule has 1 aromatic carbocycles. The Hall–Kier alpha value is -0.780. The molecule has 0 amide bonds. The highest BCUT2D eigenvalue weighted by Crippen LogP contribution is 2.22. The molecule has 0 unspecified atom stereocenters. The first kappa shape index (κ1) is 18.2. The van der Waals surface area contributed by atoms with Crippen LogP contribution in [0, 0.1) is 12.3 Å². The third-order valence-corrected chi connectivity index (χ3v) is 3.00. The van der Waals surface area contributed by atoms with Gasteiger partial charge in [0.1, 0.15) is 0 Å². The molecule has 0 aliphatic rings. The lowest BCUT2D eigenvalue weighted by Gasteiger charge is -2.17. The zero-order valence-corrected chi connectivity index (χ0v) is 14.3. The quantitative estimate of drug-likeness (QED) is 0.593.